The lowest BCUT2D eigenvalue weighted by Gasteiger charge is -2.37. The van der Waals surface area contributed by atoms with Crippen molar-refractivity contribution in [3.63, 3.8) is 0 Å². The highest BCUT2D eigenvalue weighted by molar-refractivity contribution is 5.97. The van der Waals surface area contributed by atoms with Gasteiger partial charge in [-0.25, -0.2) is 0 Å². The number of amides is 2. The van der Waals surface area contributed by atoms with Crippen LogP contribution in [0.4, 0.5) is 11.4 Å². The molecule has 0 spiro atoms. The minimum Gasteiger partial charge on any atom is -0.490 e. The molecule has 0 bridgehead atoms. The van der Waals surface area contributed by atoms with Crippen molar-refractivity contribution < 1.29 is 14.3 Å². The average Bonchev–Trinajstić information content (AvgIpc) is 2.79. The first-order chi connectivity index (χ1) is 14.5. The Hall–Kier alpha value is -3.02. The van der Waals surface area contributed by atoms with Crippen LogP contribution in [0.5, 0.6) is 5.75 Å². The van der Waals surface area contributed by atoms with E-state index >= 15 is 0 Å². The normalized spacial score (nSPS) is 16.1. The van der Waals surface area contributed by atoms with E-state index in [1.807, 2.05) is 29.2 Å². The minimum atomic E-state index is -0.0203. The topological polar surface area (TPSA) is 53.1 Å². The molecule has 6 heteroatoms. The fourth-order valence-electron chi connectivity index (χ4n) is 4.21. The molecule has 30 heavy (non-hydrogen) atoms. The van der Waals surface area contributed by atoms with Crippen molar-refractivity contribution in [1.82, 2.24) is 4.90 Å². The van der Waals surface area contributed by atoms with Crippen molar-refractivity contribution >= 4 is 23.2 Å². The Morgan fingerprint density at radius 2 is 1.53 bits per heavy atom. The summed E-state index contributed by atoms with van der Waals surface area (Å²) in [6, 6.07) is 13.9. The maximum atomic E-state index is 12.7. The van der Waals surface area contributed by atoms with Crippen molar-refractivity contribution in [3.05, 3.63) is 53.6 Å². The summed E-state index contributed by atoms with van der Waals surface area (Å²) in [5.41, 5.74) is 4.63. The quantitative estimate of drug-likeness (QED) is 0.781. The highest BCUT2D eigenvalue weighted by Gasteiger charge is 2.26. The van der Waals surface area contributed by atoms with Crippen LogP contribution in [0.1, 0.15) is 24.0 Å². The van der Waals surface area contributed by atoms with Crippen LogP contribution in [0.25, 0.3) is 0 Å². The summed E-state index contributed by atoms with van der Waals surface area (Å²) in [6.45, 7) is 8.32. The van der Waals surface area contributed by atoms with E-state index in [0.717, 1.165) is 24.5 Å². The summed E-state index contributed by atoms with van der Waals surface area (Å²) in [4.78, 5) is 31.4. The SMILES string of the molecule is Cc1cccc(N2CCN(C(=O)CCC(=O)N3CCOc4ccccc43)CC2)c1C. The smallest absolute Gasteiger partial charge is 0.227 e. The fraction of sp³-hybridized carbons (Fsp3) is 0.417. The van der Waals surface area contributed by atoms with Crippen molar-refractivity contribution in [2.45, 2.75) is 26.7 Å². The molecule has 0 radical (unpaired) electrons. The van der Waals surface area contributed by atoms with Gasteiger partial charge in [0.1, 0.15) is 12.4 Å². The van der Waals surface area contributed by atoms with E-state index in [2.05, 4.69) is 36.9 Å². The number of hydrogen-bond acceptors (Lipinski definition) is 4. The summed E-state index contributed by atoms with van der Waals surface area (Å²) >= 11 is 0. The molecule has 0 saturated carbocycles. The molecule has 0 atom stereocenters. The van der Waals surface area contributed by atoms with Gasteiger partial charge >= 0.3 is 0 Å². The number of rotatable bonds is 4. The van der Waals surface area contributed by atoms with Crippen molar-refractivity contribution in [1.29, 1.82) is 0 Å². The van der Waals surface area contributed by atoms with Gasteiger partial charge in [-0.2, -0.15) is 0 Å². The Balaban J connectivity index is 1.30. The third-order valence-corrected chi connectivity index (χ3v) is 6.13. The number of hydrogen-bond donors (Lipinski definition) is 0. The van der Waals surface area contributed by atoms with Gasteiger partial charge in [0, 0.05) is 44.7 Å². The lowest BCUT2D eigenvalue weighted by Crippen LogP contribution is -2.49. The number of aryl methyl sites for hydroxylation is 1. The predicted molar refractivity (Wildman–Crippen MR) is 118 cm³/mol. The van der Waals surface area contributed by atoms with E-state index in [1.165, 1.54) is 16.8 Å². The van der Waals surface area contributed by atoms with Crippen LogP contribution >= 0.6 is 0 Å². The first-order valence-electron chi connectivity index (χ1n) is 10.7. The molecule has 1 fully saturated rings. The number of benzene rings is 2. The number of ether oxygens (including phenoxy) is 1. The fourth-order valence-corrected chi connectivity index (χ4v) is 4.21. The first-order valence-corrected chi connectivity index (χ1v) is 10.7. The molecule has 1 saturated heterocycles. The maximum absolute atomic E-state index is 12.7. The molecule has 2 aromatic carbocycles. The van der Waals surface area contributed by atoms with Crippen LogP contribution in [-0.4, -0.2) is 56.0 Å². The van der Waals surface area contributed by atoms with Crippen molar-refractivity contribution in [3.8, 4) is 5.75 Å². The van der Waals surface area contributed by atoms with Crippen LogP contribution in [0.2, 0.25) is 0 Å². The number of para-hydroxylation sites is 2. The van der Waals surface area contributed by atoms with E-state index < -0.39 is 0 Å². The molecule has 4 rings (SSSR count). The number of piperazine rings is 1. The number of fused-ring (bicyclic) bond motifs is 1. The van der Waals surface area contributed by atoms with Gasteiger partial charge in [-0.3, -0.25) is 9.59 Å². The third-order valence-electron chi connectivity index (χ3n) is 6.13. The zero-order valence-corrected chi connectivity index (χ0v) is 17.8. The Morgan fingerprint density at radius 3 is 2.33 bits per heavy atom. The Labute approximate surface area is 178 Å². The van der Waals surface area contributed by atoms with Gasteiger partial charge < -0.3 is 19.4 Å². The van der Waals surface area contributed by atoms with E-state index in [4.69, 9.17) is 4.74 Å². The molecule has 0 aromatic heterocycles. The van der Waals surface area contributed by atoms with Crippen LogP contribution in [-0.2, 0) is 9.59 Å². The summed E-state index contributed by atoms with van der Waals surface area (Å²) in [5, 5.41) is 0. The number of anilines is 2. The Kier molecular flexibility index (Phi) is 5.93. The van der Waals surface area contributed by atoms with Crippen LogP contribution in [0.15, 0.2) is 42.5 Å². The summed E-state index contributed by atoms with van der Waals surface area (Å²) < 4.78 is 5.61. The second kappa shape index (κ2) is 8.78. The molecule has 0 unspecified atom stereocenters. The van der Waals surface area contributed by atoms with Crippen molar-refractivity contribution in [2.75, 3.05) is 49.1 Å². The number of carbonyl (C=O) groups excluding carboxylic acids is 2. The lowest BCUT2D eigenvalue weighted by atomic mass is 10.1. The predicted octanol–water partition coefficient (Wildman–Crippen LogP) is 3.16. The minimum absolute atomic E-state index is 0.0203. The van der Waals surface area contributed by atoms with Gasteiger partial charge in [0.05, 0.1) is 12.2 Å². The average molecular weight is 408 g/mol. The standard InChI is InChI=1S/C24H29N3O3/c1-18-6-5-8-20(19(18)2)25-12-14-26(15-13-25)23(28)10-11-24(29)27-16-17-30-22-9-4-3-7-21(22)27/h3-9H,10-17H2,1-2H3. The van der Waals surface area contributed by atoms with E-state index in [0.29, 0.717) is 26.2 Å². The Morgan fingerprint density at radius 1 is 0.833 bits per heavy atom. The van der Waals surface area contributed by atoms with Gasteiger partial charge in [-0.15, -0.1) is 0 Å². The molecular formula is C24H29N3O3. The third kappa shape index (κ3) is 4.13. The van der Waals surface area contributed by atoms with Gasteiger partial charge in [-0.05, 0) is 43.2 Å². The molecular weight excluding hydrogens is 378 g/mol. The van der Waals surface area contributed by atoms with Gasteiger partial charge in [0.2, 0.25) is 11.8 Å². The summed E-state index contributed by atoms with van der Waals surface area (Å²) in [6.07, 6.45) is 0.478. The van der Waals surface area contributed by atoms with Gasteiger partial charge in [0.25, 0.3) is 0 Å². The molecule has 0 aliphatic carbocycles. The summed E-state index contributed by atoms with van der Waals surface area (Å²) in [5.74, 6) is 0.768. The van der Waals surface area contributed by atoms with Crippen LogP contribution < -0.4 is 14.5 Å². The molecule has 2 aliphatic heterocycles. The van der Waals surface area contributed by atoms with E-state index in [9.17, 15) is 9.59 Å². The zero-order chi connectivity index (χ0) is 21.1. The van der Waals surface area contributed by atoms with Crippen LogP contribution in [0.3, 0.4) is 0 Å². The van der Waals surface area contributed by atoms with Crippen LogP contribution in [0, 0.1) is 13.8 Å². The molecule has 2 heterocycles. The summed E-state index contributed by atoms with van der Waals surface area (Å²) in [7, 11) is 0. The largest absolute Gasteiger partial charge is 0.490 e. The Bertz CT molecular complexity index is 935. The van der Waals surface area contributed by atoms with E-state index in [-0.39, 0.29) is 24.7 Å². The lowest BCUT2D eigenvalue weighted by molar-refractivity contribution is -0.133. The number of carbonyl (C=O) groups is 2. The van der Waals surface area contributed by atoms with Crippen molar-refractivity contribution in [2.24, 2.45) is 0 Å². The molecule has 2 aliphatic rings. The highest BCUT2D eigenvalue weighted by Crippen LogP contribution is 2.31. The molecule has 2 amide bonds. The molecule has 2 aromatic rings. The maximum Gasteiger partial charge on any atom is 0.227 e. The first kappa shape index (κ1) is 20.3. The molecule has 158 valence electrons. The van der Waals surface area contributed by atoms with E-state index in [1.54, 1.807) is 4.90 Å². The number of nitrogens with zero attached hydrogens (tertiary/aromatic N) is 3. The highest BCUT2D eigenvalue weighted by atomic mass is 16.5. The van der Waals surface area contributed by atoms with Gasteiger partial charge in [-0.1, -0.05) is 24.3 Å². The second-order valence-electron chi connectivity index (χ2n) is 7.95. The molecule has 0 N–H and O–H groups in total. The van der Waals surface area contributed by atoms with Gasteiger partial charge in [0.15, 0.2) is 0 Å². The second-order valence-corrected chi connectivity index (χ2v) is 7.95. The molecule has 6 nitrogen and oxygen atoms in total. The zero-order valence-electron chi connectivity index (χ0n) is 17.8. The monoisotopic (exact) mass is 407 g/mol.